The van der Waals surface area contributed by atoms with Crippen molar-refractivity contribution in [1.29, 1.82) is 0 Å². The zero-order valence-corrected chi connectivity index (χ0v) is 6.65. The topological polar surface area (TPSA) is 12.0 Å². The van der Waals surface area contributed by atoms with Crippen LogP contribution in [-0.2, 0) is 0 Å². The van der Waals surface area contributed by atoms with Gasteiger partial charge in [0.1, 0.15) is 0 Å². The first-order valence-electron chi connectivity index (χ1n) is 3.87. The molecule has 1 rings (SSSR count). The minimum atomic E-state index is 1.09. The van der Waals surface area contributed by atoms with Crippen molar-refractivity contribution >= 4 is 0 Å². The molecule has 0 unspecified atom stereocenters. The molecule has 1 aliphatic rings. The van der Waals surface area contributed by atoms with Crippen LogP contribution >= 0.6 is 0 Å². The van der Waals surface area contributed by atoms with Gasteiger partial charge in [-0.25, -0.2) is 0 Å². The predicted octanol–water partition coefficient (Wildman–Crippen LogP) is 2.38. The van der Waals surface area contributed by atoms with E-state index < -0.39 is 0 Å². The molecule has 0 aliphatic carbocycles. The van der Waals surface area contributed by atoms with Crippen LogP contribution in [-0.4, -0.2) is 0 Å². The molecule has 0 aromatic rings. The number of dihydropyridines is 1. The van der Waals surface area contributed by atoms with Crippen molar-refractivity contribution in [3.63, 3.8) is 0 Å². The Labute approximate surface area is 62.8 Å². The van der Waals surface area contributed by atoms with Crippen LogP contribution in [0.2, 0.25) is 0 Å². The molecule has 1 heterocycles. The molecule has 0 aromatic carbocycles. The van der Waals surface area contributed by atoms with Gasteiger partial charge in [-0.05, 0) is 12.8 Å². The third-order valence-corrected chi connectivity index (χ3v) is 1.68. The minimum absolute atomic E-state index is 1.09. The predicted molar refractivity (Wildman–Crippen MR) is 44.2 cm³/mol. The molecule has 0 bridgehead atoms. The number of hydrogen-bond acceptors (Lipinski definition) is 1. The van der Waals surface area contributed by atoms with Gasteiger partial charge in [0.25, 0.3) is 0 Å². The molecule has 0 amide bonds. The fourth-order valence-corrected chi connectivity index (χ4v) is 0.982. The summed E-state index contributed by atoms with van der Waals surface area (Å²) >= 11 is 0. The Morgan fingerprint density at radius 2 is 1.60 bits per heavy atom. The standard InChI is InChI=1S/C9H14N/c1-3-8-6-5-7-9(4-2)10-8/h5-7,10H,3-4H2,1-2H3. The van der Waals surface area contributed by atoms with Crippen molar-refractivity contribution in [3.8, 4) is 0 Å². The van der Waals surface area contributed by atoms with Crippen LogP contribution in [0.15, 0.2) is 23.5 Å². The zero-order chi connectivity index (χ0) is 7.40. The van der Waals surface area contributed by atoms with Gasteiger partial charge in [0.2, 0.25) is 0 Å². The fourth-order valence-electron chi connectivity index (χ4n) is 0.982. The Balaban J connectivity index is 2.49. The maximum absolute atomic E-state index is 3.34. The van der Waals surface area contributed by atoms with Crippen molar-refractivity contribution in [1.82, 2.24) is 5.32 Å². The highest BCUT2D eigenvalue weighted by atomic mass is 14.9. The van der Waals surface area contributed by atoms with Crippen LogP contribution in [0.3, 0.4) is 0 Å². The van der Waals surface area contributed by atoms with Gasteiger partial charge in [0.15, 0.2) is 0 Å². The highest BCUT2D eigenvalue weighted by Gasteiger charge is 2.00. The number of rotatable bonds is 2. The molecular weight excluding hydrogens is 122 g/mol. The third-order valence-electron chi connectivity index (χ3n) is 1.68. The van der Waals surface area contributed by atoms with Gasteiger partial charge < -0.3 is 5.32 Å². The Morgan fingerprint density at radius 1 is 1.10 bits per heavy atom. The molecule has 1 radical (unpaired) electrons. The van der Waals surface area contributed by atoms with Crippen LogP contribution in [0.4, 0.5) is 0 Å². The smallest absolute Gasteiger partial charge is 0.0111 e. The Hall–Kier alpha value is -0.720. The Morgan fingerprint density at radius 3 is 2.00 bits per heavy atom. The summed E-state index contributed by atoms with van der Waals surface area (Å²) in [5.74, 6) is 0. The lowest BCUT2D eigenvalue weighted by molar-refractivity contribution is 0.829. The number of hydrogen-bond donors (Lipinski definition) is 1. The molecule has 0 saturated carbocycles. The van der Waals surface area contributed by atoms with Crippen LogP contribution in [0.1, 0.15) is 26.7 Å². The van der Waals surface area contributed by atoms with Gasteiger partial charge in [-0.15, -0.1) is 0 Å². The molecule has 0 spiro atoms. The van der Waals surface area contributed by atoms with E-state index in [1.165, 1.54) is 11.4 Å². The molecule has 1 heteroatoms. The minimum Gasteiger partial charge on any atom is -0.363 e. The largest absolute Gasteiger partial charge is 0.363 e. The quantitative estimate of drug-likeness (QED) is 0.614. The van der Waals surface area contributed by atoms with E-state index in [2.05, 4.69) is 37.7 Å². The maximum Gasteiger partial charge on any atom is 0.0111 e. The first kappa shape index (κ1) is 7.39. The SMILES string of the molecule is CCC1=C[CH]C=C(CC)N1. The lowest BCUT2D eigenvalue weighted by atomic mass is 10.1. The van der Waals surface area contributed by atoms with E-state index in [4.69, 9.17) is 0 Å². The lowest BCUT2D eigenvalue weighted by Crippen LogP contribution is -2.14. The van der Waals surface area contributed by atoms with E-state index in [9.17, 15) is 0 Å². The summed E-state index contributed by atoms with van der Waals surface area (Å²) in [5.41, 5.74) is 2.64. The van der Waals surface area contributed by atoms with Crippen molar-refractivity contribution < 1.29 is 0 Å². The van der Waals surface area contributed by atoms with Crippen molar-refractivity contribution in [2.45, 2.75) is 26.7 Å². The van der Waals surface area contributed by atoms with Gasteiger partial charge in [-0.2, -0.15) is 0 Å². The first-order chi connectivity index (χ1) is 4.86. The van der Waals surface area contributed by atoms with Crippen molar-refractivity contribution in [2.75, 3.05) is 0 Å². The second-order valence-electron chi connectivity index (χ2n) is 2.41. The summed E-state index contributed by atoms with van der Waals surface area (Å²) < 4.78 is 0. The average Bonchev–Trinajstić information content (AvgIpc) is 2.05. The lowest BCUT2D eigenvalue weighted by Gasteiger charge is -2.15. The monoisotopic (exact) mass is 136 g/mol. The molecule has 0 atom stereocenters. The summed E-state index contributed by atoms with van der Waals surface area (Å²) in [6, 6.07) is 0. The summed E-state index contributed by atoms with van der Waals surface area (Å²) in [6.45, 7) is 4.32. The van der Waals surface area contributed by atoms with E-state index in [1.54, 1.807) is 0 Å². The third kappa shape index (κ3) is 1.63. The van der Waals surface area contributed by atoms with E-state index in [0.717, 1.165) is 12.8 Å². The van der Waals surface area contributed by atoms with Gasteiger partial charge in [0.05, 0.1) is 0 Å². The second kappa shape index (κ2) is 3.45. The Bertz CT molecular complexity index is 148. The van der Waals surface area contributed by atoms with Crippen LogP contribution in [0, 0.1) is 6.42 Å². The van der Waals surface area contributed by atoms with Crippen LogP contribution in [0.25, 0.3) is 0 Å². The van der Waals surface area contributed by atoms with E-state index in [-0.39, 0.29) is 0 Å². The number of nitrogens with one attached hydrogen (secondary N) is 1. The van der Waals surface area contributed by atoms with Gasteiger partial charge in [0, 0.05) is 17.8 Å². The second-order valence-corrected chi connectivity index (χ2v) is 2.41. The molecule has 1 N–H and O–H groups in total. The van der Waals surface area contributed by atoms with E-state index in [1.807, 2.05) is 0 Å². The summed E-state index contributed by atoms with van der Waals surface area (Å²) in [6.07, 6.45) is 8.54. The summed E-state index contributed by atoms with van der Waals surface area (Å²) in [5, 5.41) is 3.34. The van der Waals surface area contributed by atoms with Gasteiger partial charge >= 0.3 is 0 Å². The molecule has 10 heavy (non-hydrogen) atoms. The molecular formula is C9H14N. The molecule has 1 aliphatic heterocycles. The maximum atomic E-state index is 3.34. The normalized spacial score (nSPS) is 17.4. The highest BCUT2D eigenvalue weighted by molar-refractivity contribution is 5.26. The summed E-state index contributed by atoms with van der Waals surface area (Å²) in [4.78, 5) is 0. The molecule has 0 saturated heterocycles. The number of allylic oxidation sites excluding steroid dienone is 4. The first-order valence-corrected chi connectivity index (χ1v) is 3.87. The van der Waals surface area contributed by atoms with E-state index in [0.29, 0.717) is 0 Å². The molecule has 0 aromatic heterocycles. The average molecular weight is 136 g/mol. The van der Waals surface area contributed by atoms with Crippen molar-refractivity contribution in [3.05, 3.63) is 30.0 Å². The fraction of sp³-hybridized carbons (Fsp3) is 0.444. The molecule has 55 valence electrons. The zero-order valence-electron chi connectivity index (χ0n) is 6.65. The van der Waals surface area contributed by atoms with Gasteiger partial charge in [-0.1, -0.05) is 26.0 Å². The Kier molecular flexibility index (Phi) is 2.55. The molecule has 1 nitrogen and oxygen atoms in total. The van der Waals surface area contributed by atoms with E-state index >= 15 is 0 Å². The van der Waals surface area contributed by atoms with Gasteiger partial charge in [-0.3, -0.25) is 0 Å². The highest BCUT2D eigenvalue weighted by Crippen LogP contribution is 2.10. The van der Waals surface area contributed by atoms with Crippen LogP contribution in [0.5, 0.6) is 0 Å². The van der Waals surface area contributed by atoms with Crippen molar-refractivity contribution in [2.24, 2.45) is 0 Å². The van der Waals surface area contributed by atoms with Crippen LogP contribution < -0.4 is 5.32 Å². The molecule has 0 fully saturated rings. The summed E-state index contributed by atoms with van der Waals surface area (Å²) in [7, 11) is 0.